The second-order valence-electron chi connectivity index (χ2n) is 4.77. The van der Waals surface area contributed by atoms with Crippen molar-refractivity contribution in [2.24, 2.45) is 0 Å². The Morgan fingerprint density at radius 3 is 2.42 bits per heavy atom. The summed E-state index contributed by atoms with van der Waals surface area (Å²) in [7, 11) is -0.949. The van der Waals surface area contributed by atoms with Crippen LogP contribution in [-0.4, -0.2) is 46.5 Å². The first-order valence-corrected chi connectivity index (χ1v) is 8.68. The summed E-state index contributed by atoms with van der Waals surface area (Å²) in [6.45, 7) is 8.02. The largest absolute Gasteiger partial charge is 0.495 e. The fraction of sp³-hybridized carbons (Fsp3) is 0.235. The molecule has 1 amide bonds. The number of ether oxygens (including phenoxy) is 1. The van der Waals surface area contributed by atoms with Crippen molar-refractivity contribution in [3.05, 3.63) is 55.1 Å². The molecule has 0 heterocycles. The first kappa shape index (κ1) is 19.7. The number of hydrogen-bond donors (Lipinski definition) is 1. The summed E-state index contributed by atoms with van der Waals surface area (Å²) >= 11 is 0. The fourth-order valence-electron chi connectivity index (χ4n) is 1.96. The van der Waals surface area contributed by atoms with Crippen LogP contribution in [0.2, 0.25) is 0 Å². The van der Waals surface area contributed by atoms with Gasteiger partial charge in [0.2, 0.25) is 15.9 Å². The lowest BCUT2D eigenvalue weighted by atomic mass is 10.2. The van der Waals surface area contributed by atoms with E-state index in [-0.39, 0.29) is 16.6 Å². The summed E-state index contributed by atoms with van der Waals surface area (Å²) in [5.41, 5.74) is 0.565. The number of carbonyl (C=O) groups is 1. The lowest BCUT2D eigenvalue weighted by molar-refractivity contribution is -0.124. The molecule has 0 unspecified atom stereocenters. The van der Waals surface area contributed by atoms with Gasteiger partial charge in [0.1, 0.15) is 10.6 Å². The van der Waals surface area contributed by atoms with Crippen LogP contribution in [0.1, 0.15) is 5.56 Å². The van der Waals surface area contributed by atoms with Crippen LogP contribution < -0.4 is 9.46 Å². The third-order valence-electron chi connectivity index (χ3n) is 3.17. The molecule has 0 fully saturated rings. The van der Waals surface area contributed by atoms with Gasteiger partial charge in [-0.1, -0.05) is 18.2 Å². The van der Waals surface area contributed by atoms with Gasteiger partial charge in [-0.25, -0.2) is 13.1 Å². The van der Waals surface area contributed by atoms with Gasteiger partial charge in [0.25, 0.3) is 0 Å². The predicted octanol–water partition coefficient (Wildman–Crippen LogP) is 1.82. The molecule has 0 aromatic heterocycles. The molecule has 1 rings (SSSR count). The van der Waals surface area contributed by atoms with Gasteiger partial charge in [-0.3, -0.25) is 4.79 Å². The van der Waals surface area contributed by atoms with Crippen molar-refractivity contribution in [1.82, 2.24) is 9.62 Å². The van der Waals surface area contributed by atoms with Crippen molar-refractivity contribution in [1.29, 1.82) is 0 Å². The highest BCUT2D eigenvalue weighted by Gasteiger charge is 2.17. The van der Waals surface area contributed by atoms with Crippen LogP contribution in [0.3, 0.4) is 0 Å². The number of nitrogens with one attached hydrogen (secondary N) is 1. The van der Waals surface area contributed by atoms with Crippen molar-refractivity contribution < 1.29 is 17.9 Å². The molecule has 6 nitrogen and oxygen atoms in total. The monoisotopic (exact) mass is 350 g/mol. The quantitative estimate of drug-likeness (QED) is 0.544. The van der Waals surface area contributed by atoms with E-state index in [1.54, 1.807) is 35.3 Å². The molecule has 0 aliphatic heterocycles. The second kappa shape index (κ2) is 9.05. The van der Waals surface area contributed by atoms with Gasteiger partial charge in [0, 0.05) is 19.2 Å². The van der Waals surface area contributed by atoms with Crippen LogP contribution in [0.25, 0.3) is 6.08 Å². The van der Waals surface area contributed by atoms with E-state index in [9.17, 15) is 13.2 Å². The van der Waals surface area contributed by atoms with Crippen LogP contribution in [-0.2, 0) is 14.8 Å². The van der Waals surface area contributed by atoms with Crippen molar-refractivity contribution >= 4 is 22.0 Å². The lowest BCUT2D eigenvalue weighted by Crippen LogP contribution is -2.29. The van der Waals surface area contributed by atoms with Gasteiger partial charge >= 0.3 is 0 Å². The fourth-order valence-corrected chi connectivity index (χ4v) is 2.88. The molecule has 0 saturated heterocycles. The van der Waals surface area contributed by atoms with Crippen LogP contribution >= 0.6 is 0 Å². The van der Waals surface area contributed by atoms with Gasteiger partial charge < -0.3 is 9.64 Å². The van der Waals surface area contributed by atoms with Crippen molar-refractivity contribution in [2.75, 3.05) is 27.2 Å². The Bertz CT molecular complexity index is 729. The van der Waals surface area contributed by atoms with E-state index < -0.39 is 10.0 Å². The standard InChI is InChI=1S/C17H22N2O4S/c1-5-11-19(12-6-2)17(20)10-8-14-7-9-15(23-4)16(13-14)24(21,22)18-3/h5-10,13,18H,1-2,11-12H2,3-4H3/b10-8+. The maximum atomic E-state index is 12.1. The number of sulfonamides is 1. The summed E-state index contributed by atoms with van der Waals surface area (Å²) in [5, 5.41) is 0. The normalized spacial score (nSPS) is 11.2. The minimum atomic E-state index is -3.67. The molecule has 1 N–H and O–H groups in total. The van der Waals surface area contributed by atoms with E-state index in [4.69, 9.17) is 4.74 Å². The van der Waals surface area contributed by atoms with E-state index in [2.05, 4.69) is 17.9 Å². The zero-order valence-electron chi connectivity index (χ0n) is 13.9. The number of benzene rings is 1. The first-order chi connectivity index (χ1) is 11.4. The SMILES string of the molecule is C=CCN(CC=C)C(=O)/C=C/c1ccc(OC)c(S(=O)(=O)NC)c1. The molecule has 7 heteroatoms. The minimum absolute atomic E-state index is 0.0103. The zero-order chi connectivity index (χ0) is 18.2. The van der Waals surface area contributed by atoms with Crippen LogP contribution in [0.15, 0.2) is 54.5 Å². The highest BCUT2D eigenvalue weighted by atomic mass is 32.2. The zero-order valence-corrected chi connectivity index (χ0v) is 14.7. The molecular formula is C17H22N2O4S. The Hall–Kier alpha value is -2.38. The average molecular weight is 350 g/mol. The second-order valence-corrected chi connectivity index (χ2v) is 6.63. The summed E-state index contributed by atoms with van der Waals surface area (Å²) in [4.78, 5) is 13.7. The molecule has 0 spiro atoms. The maximum absolute atomic E-state index is 12.1. The third kappa shape index (κ3) is 5.07. The summed E-state index contributed by atoms with van der Waals surface area (Å²) in [6, 6.07) is 4.65. The molecule has 1 aromatic carbocycles. The highest BCUT2D eigenvalue weighted by Crippen LogP contribution is 2.25. The molecule has 130 valence electrons. The molecule has 0 bridgehead atoms. The lowest BCUT2D eigenvalue weighted by Gasteiger charge is -2.16. The Labute approximate surface area is 143 Å². The summed E-state index contributed by atoms with van der Waals surface area (Å²) < 4.78 is 31.4. The summed E-state index contributed by atoms with van der Waals surface area (Å²) in [6.07, 6.45) is 6.18. The smallest absolute Gasteiger partial charge is 0.247 e. The number of hydrogen-bond acceptors (Lipinski definition) is 4. The van der Waals surface area contributed by atoms with Gasteiger partial charge in [-0.2, -0.15) is 0 Å². The Morgan fingerprint density at radius 2 is 1.92 bits per heavy atom. The van der Waals surface area contributed by atoms with Crippen molar-refractivity contribution in [3.63, 3.8) is 0 Å². The number of carbonyl (C=O) groups excluding carboxylic acids is 1. The van der Waals surface area contributed by atoms with Gasteiger partial charge in [-0.05, 0) is 30.8 Å². The van der Waals surface area contributed by atoms with E-state index in [0.29, 0.717) is 18.7 Å². The molecule has 24 heavy (non-hydrogen) atoms. The van der Waals surface area contributed by atoms with Crippen LogP contribution in [0, 0.1) is 0 Å². The van der Waals surface area contributed by atoms with E-state index in [1.807, 2.05) is 0 Å². The number of nitrogens with zero attached hydrogens (tertiary/aromatic N) is 1. The Kier molecular flexibility index (Phi) is 7.41. The molecule has 0 saturated carbocycles. The Balaban J connectivity index is 3.11. The van der Waals surface area contributed by atoms with Gasteiger partial charge in [0.05, 0.1) is 7.11 Å². The summed E-state index contributed by atoms with van der Waals surface area (Å²) in [5.74, 6) is 0.0106. The Morgan fingerprint density at radius 1 is 1.29 bits per heavy atom. The number of rotatable bonds is 9. The van der Waals surface area contributed by atoms with E-state index in [1.165, 1.54) is 26.3 Å². The predicted molar refractivity (Wildman–Crippen MR) is 95.2 cm³/mol. The van der Waals surface area contributed by atoms with Crippen LogP contribution in [0.5, 0.6) is 5.75 Å². The minimum Gasteiger partial charge on any atom is -0.495 e. The molecule has 0 atom stereocenters. The molecule has 0 aliphatic rings. The number of methoxy groups -OCH3 is 1. The molecule has 0 radical (unpaired) electrons. The molecule has 0 aliphatic carbocycles. The van der Waals surface area contributed by atoms with E-state index in [0.717, 1.165) is 0 Å². The van der Waals surface area contributed by atoms with Crippen LogP contribution in [0.4, 0.5) is 0 Å². The van der Waals surface area contributed by atoms with Crippen molar-refractivity contribution in [3.8, 4) is 5.75 Å². The van der Waals surface area contributed by atoms with Gasteiger partial charge in [-0.15, -0.1) is 13.2 Å². The highest BCUT2D eigenvalue weighted by molar-refractivity contribution is 7.89. The molecule has 1 aromatic rings. The average Bonchev–Trinajstić information content (AvgIpc) is 2.59. The third-order valence-corrected chi connectivity index (χ3v) is 4.61. The van der Waals surface area contributed by atoms with E-state index >= 15 is 0 Å². The maximum Gasteiger partial charge on any atom is 0.247 e. The molecular weight excluding hydrogens is 328 g/mol. The van der Waals surface area contributed by atoms with Crippen molar-refractivity contribution in [2.45, 2.75) is 4.90 Å². The number of amides is 1. The first-order valence-electron chi connectivity index (χ1n) is 7.20. The topological polar surface area (TPSA) is 75.7 Å². The van der Waals surface area contributed by atoms with Gasteiger partial charge in [0.15, 0.2) is 0 Å².